The van der Waals surface area contributed by atoms with Crippen molar-refractivity contribution in [3.63, 3.8) is 0 Å². The van der Waals surface area contributed by atoms with E-state index >= 15 is 0 Å². The summed E-state index contributed by atoms with van der Waals surface area (Å²) in [4.78, 5) is 10.3. The second kappa shape index (κ2) is 16.4. The fourth-order valence-electron chi connectivity index (χ4n) is 1.82. The van der Waals surface area contributed by atoms with Crippen LogP contribution in [0, 0.1) is 0 Å². The highest BCUT2D eigenvalue weighted by atomic mass is 32.2. The first-order valence-electron chi connectivity index (χ1n) is 7.87. The van der Waals surface area contributed by atoms with Crippen molar-refractivity contribution in [2.24, 2.45) is 0 Å². The highest BCUT2D eigenvalue weighted by Crippen LogP contribution is 2.08. The molecular formula is C17H30O2S. The number of thioether (sulfide) groups is 1. The van der Waals surface area contributed by atoms with Gasteiger partial charge in [-0.1, -0.05) is 50.5 Å². The highest BCUT2D eigenvalue weighted by Gasteiger charge is 1.95. The van der Waals surface area contributed by atoms with Crippen molar-refractivity contribution < 1.29 is 9.90 Å². The van der Waals surface area contributed by atoms with Gasteiger partial charge in [0.05, 0.1) is 0 Å². The van der Waals surface area contributed by atoms with Crippen molar-refractivity contribution in [1.82, 2.24) is 0 Å². The fourth-order valence-corrected chi connectivity index (χ4v) is 2.55. The van der Waals surface area contributed by atoms with Gasteiger partial charge in [-0.15, -0.1) is 0 Å². The van der Waals surface area contributed by atoms with Crippen molar-refractivity contribution in [2.75, 3.05) is 11.5 Å². The molecule has 0 aliphatic heterocycles. The minimum atomic E-state index is -0.672. The molecule has 0 aliphatic carbocycles. The molecule has 0 amide bonds. The summed E-state index contributed by atoms with van der Waals surface area (Å²) in [6.45, 7) is 2.21. The summed E-state index contributed by atoms with van der Waals surface area (Å²) >= 11 is 1.99. The zero-order valence-corrected chi connectivity index (χ0v) is 13.7. The van der Waals surface area contributed by atoms with Crippen molar-refractivity contribution in [1.29, 1.82) is 0 Å². The predicted molar refractivity (Wildman–Crippen MR) is 90.5 cm³/mol. The Labute approximate surface area is 128 Å². The fraction of sp³-hybridized carbons (Fsp3) is 0.706. The normalized spacial score (nSPS) is 11.7. The Morgan fingerprint density at radius 2 is 1.70 bits per heavy atom. The standard InChI is InChI=1S/C17H30O2S/c1-2-15-20-16-13-11-9-7-5-3-4-6-8-10-12-14-17(18)19/h5,7,11,13H,2-4,6,8-10,12,14-16H2,1H3,(H,18,19)/b7-5+,13-11+. The van der Waals surface area contributed by atoms with Gasteiger partial charge in [-0.05, 0) is 37.9 Å². The first-order valence-corrected chi connectivity index (χ1v) is 9.02. The van der Waals surface area contributed by atoms with Crippen LogP contribution in [0.1, 0.15) is 64.7 Å². The van der Waals surface area contributed by atoms with Crippen LogP contribution in [0.5, 0.6) is 0 Å². The van der Waals surface area contributed by atoms with Gasteiger partial charge in [0.25, 0.3) is 0 Å². The van der Waals surface area contributed by atoms with E-state index in [4.69, 9.17) is 5.11 Å². The molecule has 0 aromatic carbocycles. The molecule has 0 fully saturated rings. The molecule has 0 bridgehead atoms. The Bertz CT molecular complexity index is 272. The zero-order valence-electron chi connectivity index (χ0n) is 12.9. The van der Waals surface area contributed by atoms with E-state index in [2.05, 4.69) is 31.2 Å². The van der Waals surface area contributed by atoms with E-state index in [1.54, 1.807) is 0 Å². The Morgan fingerprint density at radius 3 is 2.45 bits per heavy atom. The van der Waals surface area contributed by atoms with Crippen LogP contribution in [0.3, 0.4) is 0 Å². The predicted octanol–water partition coefficient (Wildman–Crippen LogP) is 5.45. The lowest BCUT2D eigenvalue weighted by molar-refractivity contribution is -0.137. The number of unbranched alkanes of at least 4 members (excludes halogenated alkanes) is 5. The number of carbonyl (C=O) groups is 1. The van der Waals surface area contributed by atoms with Crippen molar-refractivity contribution in [2.45, 2.75) is 64.7 Å². The quantitative estimate of drug-likeness (QED) is 0.342. The van der Waals surface area contributed by atoms with E-state index in [1.807, 2.05) is 11.8 Å². The van der Waals surface area contributed by atoms with Gasteiger partial charge in [0.2, 0.25) is 0 Å². The lowest BCUT2D eigenvalue weighted by Gasteiger charge is -1.98. The number of allylic oxidation sites excluding steroid dienone is 3. The number of hydrogen-bond donors (Lipinski definition) is 1. The minimum Gasteiger partial charge on any atom is -0.481 e. The topological polar surface area (TPSA) is 37.3 Å². The van der Waals surface area contributed by atoms with Crippen LogP contribution in [-0.4, -0.2) is 22.6 Å². The number of aliphatic carboxylic acids is 1. The number of carboxylic acid groups (broad SMARTS) is 1. The molecule has 0 rings (SSSR count). The molecular weight excluding hydrogens is 268 g/mol. The third-order valence-electron chi connectivity index (χ3n) is 2.93. The first-order chi connectivity index (χ1) is 9.77. The Kier molecular flexibility index (Phi) is 15.8. The number of rotatable bonds is 14. The molecule has 0 heterocycles. The van der Waals surface area contributed by atoms with Crippen molar-refractivity contribution >= 4 is 17.7 Å². The van der Waals surface area contributed by atoms with E-state index in [-0.39, 0.29) is 0 Å². The summed E-state index contributed by atoms with van der Waals surface area (Å²) in [6, 6.07) is 0. The van der Waals surface area contributed by atoms with Crippen LogP contribution in [0.4, 0.5) is 0 Å². The minimum absolute atomic E-state index is 0.322. The third kappa shape index (κ3) is 17.3. The van der Waals surface area contributed by atoms with E-state index < -0.39 is 5.97 Å². The average molecular weight is 298 g/mol. The summed E-state index contributed by atoms with van der Waals surface area (Å²) in [5, 5.41) is 8.50. The largest absolute Gasteiger partial charge is 0.481 e. The molecule has 0 saturated carbocycles. The molecule has 116 valence electrons. The average Bonchev–Trinajstić information content (AvgIpc) is 2.43. The number of hydrogen-bond acceptors (Lipinski definition) is 2. The van der Waals surface area contributed by atoms with Crippen LogP contribution in [0.25, 0.3) is 0 Å². The Balaban J connectivity index is 3.17. The van der Waals surface area contributed by atoms with Gasteiger partial charge < -0.3 is 5.11 Å². The van der Waals surface area contributed by atoms with Crippen molar-refractivity contribution in [3.8, 4) is 0 Å². The van der Waals surface area contributed by atoms with Crippen LogP contribution < -0.4 is 0 Å². The summed E-state index contributed by atoms with van der Waals surface area (Å²) in [7, 11) is 0. The molecule has 2 nitrogen and oxygen atoms in total. The van der Waals surface area contributed by atoms with Gasteiger partial charge >= 0.3 is 5.97 Å². The van der Waals surface area contributed by atoms with Gasteiger partial charge in [-0.3, -0.25) is 4.79 Å². The van der Waals surface area contributed by atoms with E-state index in [0.717, 1.165) is 37.9 Å². The van der Waals surface area contributed by atoms with Gasteiger partial charge in [0.1, 0.15) is 0 Å². The lowest BCUT2D eigenvalue weighted by Crippen LogP contribution is -1.93. The van der Waals surface area contributed by atoms with Gasteiger partial charge in [0, 0.05) is 12.2 Å². The SMILES string of the molecule is CCCSC/C=C/C/C=C/CCCCCCCC(=O)O. The molecule has 0 aromatic rings. The lowest BCUT2D eigenvalue weighted by atomic mass is 10.1. The zero-order chi connectivity index (χ0) is 14.9. The summed E-state index contributed by atoms with van der Waals surface area (Å²) in [5.41, 5.74) is 0. The van der Waals surface area contributed by atoms with Crippen molar-refractivity contribution in [3.05, 3.63) is 24.3 Å². The molecule has 0 atom stereocenters. The maximum absolute atomic E-state index is 10.3. The second-order valence-corrected chi connectivity index (χ2v) is 6.10. The summed E-state index contributed by atoms with van der Waals surface area (Å²) < 4.78 is 0. The third-order valence-corrected chi connectivity index (χ3v) is 4.05. The van der Waals surface area contributed by atoms with Crippen LogP contribution in [0.2, 0.25) is 0 Å². The highest BCUT2D eigenvalue weighted by molar-refractivity contribution is 7.99. The summed E-state index contributed by atoms with van der Waals surface area (Å²) in [5.74, 6) is 1.72. The molecule has 0 spiro atoms. The van der Waals surface area contributed by atoms with E-state index in [9.17, 15) is 4.79 Å². The van der Waals surface area contributed by atoms with Crippen LogP contribution in [0.15, 0.2) is 24.3 Å². The van der Waals surface area contributed by atoms with E-state index in [1.165, 1.54) is 25.0 Å². The molecule has 0 saturated heterocycles. The molecule has 3 heteroatoms. The van der Waals surface area contributed by atoms with Gasteiger partial charge in [-0.25, -0.2) is 0 Å². The van der Waals surface area contributed by atoms with Crippen LogP contribution in [-0.2, 0) is 4.79 Å². The summed E-state index contributed by atoms with van der Waals surface area (Å²) in [6.07, 6.45) is 18.3. The molecule has 0 aromatic heterocycles. The molecule has 0 radical (unpaired) electrons. The molecule has 0 unspecified atom stereocenters. The number of carboxylic acids is 1. The first kappa shape index (κ1) is 19.3. The maximum atomic E-state index is 10.3. The smallest absolute Gasteiger partial charge is 0.303 e. The van der Waals surface area contributed by atoms with Gasteiger partial charge in [-0.2, -0.15) is 11.8 Å². The molecule has 20 heavy (non-hydrogen) atoms. The monoisotopic (exact) mass is 298 g/mol. The van der Waals surface area contributed by atoms with E-state index in [0.29, 0.717) is 6.42 Å². The molecule has 0 aliphatic rings. The Morgan fingerprint density at radius 1 is 1.00 bits per heavy atom. The maximum Gasteiger partial charge on any atom is 0.303 e. The van der Waals surface area contributed by atoms with Crippen LogP contribution >= 0.6 is 11.8 Å². The second-order valence-electron chi connectivity index (χ2n) is 4.95. The Hall–Kier alpha value is -0.700. The molecule has 1 N–H and O–H groups in total. The van der Waals surface area contributed by atoms with Gasteiger partial charge in [0.15, 0.2) is 0 Å².